The Kier molecular flexibility index (Phi) is 8.30. The predicted molar refractivity (Wildman–Crippen MR) is 125 cm³/mol. The van der Waals surface area contributed by atoms with Gasteiger partial charge in [-0.3, -0.25) is 4.99 Å². The van der Waals surface area contributed by atoms with Gasteiger partial charge in [-0.15, -0.1) is 35.3 Å². The molecule has 0 spiro atoms. The van der Waals surface area contributed by atoms with Crippen molar-refractivity contribution in [2.45, 2.75) is 25.8 Å². The summed E-state index contributed by atoms with van der Waals surface area (Å²) in [5, 5.41) is 13.3. The third-order valence-corrected chi connectivity index (χ3v) is 5.42. The van der Waals surface area contributed by atoms with E-state index >= 15 is 0 Å². The number of rotatable bonds is 6. The van der Waals surface area contributed by atoms with Gasteiger partial charge >= 0.3 is 0 Å². The lowest BCUT2D eigenvalue weighted by atomic mass is 10.1. The van der Waals surface area contributed by atoms with Gasteiger partial charge < -0.3 is 10.6 Å². The van der Waals surface area contributed by atoms with E-state index < -0.39 is 0 Å². The molecule has 0 saturated carbocycles. The molecule has 27 heavy (non-hydrogen) atoms. The second kappa shape index (κ2) is 10.5. The van der Waals surface area contributed by atoms with Gasteiger partial charge in [-0.25, -0.2) is 4.68 Å². The first-order valence-electron chi connectivity index (χ1n) is 8.78. The Hall–Kier alpha value is -1.87. The number of aromatic nitrogens is 2. The summed E-state index contributed by atoms with van der Waals surface area (Å²) in [4.78, 5) is 5.74. The molecule has 2 aromatic heterocycles. The van der Waals surface area contributed by atoms with Crippen LogP contribution in [0.15, 0.2) is 65.2 Å². The van der Waals surface area contributed by atoms with E-state index in [-0.39, 0.29) is 30.0 Å². The fourth-order valence-corrected chi connectivity index (χ4v) is 3.55. The minimum Gasteiger partial charge on any atom is -0.356 e. The number of thiophene rings is 1. The van der Waals surface area contributed by atoms with E-state index in [9.17, 15) is 0 Å². The van der Waals surface area contributed by atoms with E-state index in [2.05, 4.69) is 76.4 Å². The number of guanidine groups is 1. The van der Waals surface area contributed by atoms with Gasteiger partial charge in [-0.1, -0.05) is 25.1 Å². The third-order valence-electron chi connectivity index (χ3n) is 4.32. The number of aliphatic imine (C=N–C) groups is 1. The predicted octanol–water partition coefficient (Wildman–Crippen LogP) is 4.58. The lowest BCUT2D eigenvalue weighted by Crippen LogP contribution is -2.40. The lowest BCUT2D eigenvalue weighted by molar-refractivity contribution is 0.661. The molecule has 0 fully saturated rings. The molecule has 2 heterocycles. The monoisotopic (exact) mass is 495 g/mol. The minimum absolute atomic E-state index is 0. The van der Waals surface area contributed by atoms with Crippen molar-refractivity contribution in [1.82, 2.24) is 20.4 Å². The molecule has 0 aliphatic rings. The van der Waals surface area contributed by atoms with Gasteiger partial charge in [-0.2, -0.15) is 5.10 Å². The first-order chi connectivity index (χ1) is 12.7. The van der Waals surface area contributed by atoms with E-state index in [1.165, 1.54) is 10.4 Å². The SMILES string of the molecule is CN=C(NCC(C)c1cccs1)NC(C)c1cccc(-n2cccn2)c1.I. The molecule has 0 aliphatic heterocycles. The molecule has 144 valence electrons. The van der Waals surface area contributed by atoms with Gasteiger partial charge in [0.2, 0.25) is 0 Å². The number of benzene rings is 1. The molecule has 1 aromatic carbocycles. The highest BCUT2D eigenvalue weighted by Gasteiger charge is 2.11. The fourth-order valence-electron chi connectivity index (χ4n) is 2.76. The molecule has 2 unspecified atom stereocenters. The van der Waals surface area contributed by atoms with Crippen LogP contribution in [0.3, 0.4) is 0 Å². The number of hydrogen-bond acceptors (Lipinski definition) is 3. The minimum atomic E-state index is 0. The maximum atomic E-state index is 4.36. The second-order valence-electron chi connectivity index (χ2n) is 6.28. The number of nitrogens with zero attached hydrogens (tertiary/aromatic N) is 3. The summed E-state index contributed by atoms with van der Waals surface area (Å²) < 4.78 is 1.87. The Labute approximate surface area is 181 Å². The molecule has 0 amide bonds. The van der Waals surface area contributed by atoms with Crippen molar-refractivity contribution in [3.05, 3.63) is 70.7 Å². The fraction of sp³-hybridized carbons (Fsp3) is 0.300. The molecule has 3 rings (SSSR count). The normalized spacial score (nSPS) is 13.5. The van der Waals surface area contributed by atoms with Crippen LogP contribution in [0, 0.1) is 0 Å². The van der Waals surface area contributed by atoms with Crippen molar-refractivity contribution in [2.24, 2.45) is 4.99 Å². The zero-order valence-corrected chi connectivity index (χ0v) is 18.9. The number of halogens is 1. The zero-order valence-electron chi connectivity index (χ0n) is 15.8. The van der Waals surface area contributed by atoms with Gasteiger partial charge in [0.1, 0.15) is 0 Å². The summed E-state index contributed by atoms with van der Waals surface area (Å²) in [7, 11) is 1.80. The van der Waals surface area contributed by atoms with E-state index in [1.54, 1.807) is 24.6 Å². The summed E-state index contributed by atoms with van der Waals surface area (Å²) in [5.41, 5.74) is 2.24. The largest absolute Gasteiger partial charge is 0.356 e. The second-order valence-corrected chi connectivity index (χ2v) is 7.26. The summed E-state index contributed by atoms with van der Waals surface area (Å²) in [6.45, 7) is 5.21. The van der Waals surface area contributed by atoms with Crippen LogP contribution >= 0.6 is 35.3 Å². The highest BCUT2D eigenvalue weighted by atomic mass is 127. The molecule has 0 bridgehead atoms. The summed E-state index contributed by atoms with van der Waals surface area (Å²) >= 11 is 1.79. The maximum Gasteiger partial charge on any atom is 0.191 e. The van der Waals surface area contributed by atoms with Gasteiger partial charge in [0.25, 0.3) is 0 Å². The van der Waals surface area contributed by atoms with Gasteiger partial charge in [-0.05, 0) is 42.1 Å². The molecule has 2 N–H and O–H groups in total. The zero-order chi connectivity index (χ0) is 18.4. The van der Waals surface area contributed by atoms with Crippen LogP contribution in [0.2, 0.25) is 0 Å². The molecule has 0 saturated heterocycles. The molecule has 0 aliphatic carbocycles. The smallest absolute Gasteiger partial charge is 0.191 e. The summed E-state index contributed by atoms with van der Waals surface area (Å²) in [5.74, 6) is 1.26. The Morgan fingerprint density at radius 2 is 2.07 bits per heavy atom. The molecular weight excluding hydrogens is 469 g/mol. The average Bonchev–Trinajstić information content (AvgIpc) is 3.38. The van der Waals surface area contributed by atoms with Gasteiger partial charge in [0.15, 0.2) is 5.96 Å². The van der Waals surface area contributed by atoms with Crippen LogP contribution in [-0.2, 0) is 0 Å². The van der Waals surface area contributed by atoms with Crippen molar-refractivity contribution in [1.29, 1.82) is 0 Å². The van der Waals surface area contributed by atoms with Crippen LogP contribution in [0.4, 0.5) is 0 Å². The molecule has 5 nitrogen and oxygen atoms in total. The Morgan fingerprint density at radius 1 is 1.22 bits per heavy atom. The average molecular weight is 495 g/mol. The Morgan fingerprint density at radius 3 is 2.74 bits per heavy atom. The van der Waals surface area contributed by atoms with E-state index in [4.69, 9.17) is 0 Å². The van der Waals surface area contributed by atoms with Crippen molar-refractivity contribution in [2.75, 3.05) is 13.6 Å². The first kappa shape index (κ1) is 21.4. The van der Waals surface area contributed by atoms with Crippen LogP contribution in [0.1, 0.15) is 36.2 Å². The standard InChI is InChI=1S/C20H25N5S.HI/c1-15(19-9-5-12-26-19)14-22-20(21-3)24-16(2)17-7-4-8-18(13-17)25-11-6-10-23-25;/h4-13,15-16H,14H2,1-3H3,(H2,21,22,24);1H. The molecule has 0 radical (unpaired) electrons. The first-order valence-corrected chi connectivity index (χ1v) is 9.66. The molecular formula is C20H26IN5S. The van der Waals surface area contributed by atoms with Crippen LogP contribution in [-0.4, -0.2) is 29.3 Å². The van der Waals surface area contributed by atoms with Crippen molar-refractivity contribution < 1.29 is 0 Å². The molecule has 2 atom stereocenters. The summed E-state index contributed by atoms with van der Waals surface area (Å²) in [6.07, 6.45) is 3.73. The number of hydrogen-bond donors (Lipinski definition) is 2. The van der Waals surface area contributed by atoms with Crippen molar-refractivity contribution in [3.8, 4) is 5.69 Å². The molecule has 7 heteroatoms. The van der Waals surface area contributed by atoms with Crippen LogP contribution in [0.25, 0.3) is 5.69 Å². The van der Waals surface area contributed by atoms with Crippen molar-refractivity contribution in [3.63, 3.8) is 0 Å². The van der Waals surface area contributed by atoms with Crippen LogP contribution in [0.5, 0.6) is 0 Å². The van der Waals surface area contributed by atoms with E-state index in [0.717, 1.165) is 18.2 Å². The molecule has 3 aromatic rings. The van der Waals surface area contributed by atoms with E-state index in [1.807, 2.05) is 16.9 Å². The van der Waals surface area contributed by atoms with Crippen molar-refractivity contribution >= 4 is 41.3 Å². The quantitative estimate of drug-likeness (QED) is 0.299. The highest BCUT2D eigenvalue weighted by Crippen LogP contribution is 2.20. The van der Waals surface area contributed by atoms with E-state index in [0.29, 0.717) is 5.92 Å². The Bertz CT molecular complexity index is 830. The summed E-state index contributed by atoms with van der Waals surface area (Å²) in [6, 6.07) is 14.7. The maximum absolute atomic E-state index is 4.36. The number of nitrogens with one attached hydrogen (secondary N) is 2. The lowest BCUT2D eigenvalue weighted by Gasteiger charge is -2.20. The van der Waals surface area contributed by atoms with Gasteiger partial charge in [0.05, 0.1) is 11.7 Å². The van der Waals surface area contributed by atoms with Gasteiger partial charge in [0, 0.05) is 36.8 Å². The highest BCUT2D eigenvalue weighted by molar-refractivity contribution is 14.0. The topological polar surface area (TPSA) is 54.2 Å². The van der Waals surface area contributed by atoms with Crippen LogP contribution < -0.4 is 10.6 Å². The third kappa shape index (κ3) is 5.80. The Balaban J connectivity index is 0.00000261.